The van der Waals surface area contributed by atoms with Crippen molar-refractivity contribution in [3.8, 4) is 0 Å². The largest absolute Gasteiger partial charge is 0.361 e. The van der Waals surface area contributed by atoms with E-state index in [1.165, 1.54) is 19.3 Å². The Morgan fingerprint density at radius 1 is 1.06 bits per heavy atom. The molecule has 0 fully saturated rings. The summed E-state index contributed by atoms with van der Waals surface area (Å²) in [6.07, 6.45) is 5.91. The molecule has 0 spiro atoms. The van der Waals surface area contributed by atoms with Gasteiger partial charge >= 0.3 is 11.8 Å². The average molecular weight is 251 g/mol. The molecule has 0 aromatic carbocycles. The predicted octanol–water partition coefficient (Wildman–Crippen LogP) is 1.93. The van der Waals surface area contributed by atoms with Gasteiger partial charge in [0.25, 0.3) is 0 Å². The molecule has 0 bridgehead atoms. The lowest BCUT2D eigenvalue weighted by molar-refractivity contribution is -0.135. The Morgan fingerprint density at radius 3 is 1.62 bits per heavy atom. The van der Waals surface area contributed by atoms with E-state index in [2.05, 4.69) is 32.2 Å². The fourth-order valence-electron chi connectivity index (χ4n) is 1.10. The Balaban J connectivity index is 0. The zero-order chi connectivity index (χ0) is 13.2. The van der Waals surface area contributed by atoms with E-state index >= 15 is 0 Å². The van der Waals surface area contributed by atoms with E-state index < -0.39 is 11.8 Å². The quantitative estimate of drug-likeness (QED) is 0.577. The van der Waals surface area contributed by atoms with Crippen LogP contribution < -0.4 is 11.5 Å². The van der Waals surface area contributed by atoms with Crippen LogP contribution in [0.1, 0.15) is 52.9 Å². The topological polar surface area (TPSA) is 86.2 Å². The van der Waals surface area contributed by atoms with E-state index in [-0.39, 0.29) is 4.87 Å². The summed E-state index contributed by atoms with van der Waals surface area (Å²) in [5.41, 5.74) is 8.64. The Labute approximate surface area is 103 Å². The molecule has 4 N–H and O–H groups in total. The molecule has 0 aliphatic heterocycles. The lowest BCUT2D eigenvalue weighted by Gasteiger charge is -2.23. The monoisotopic (exact) mass is 250 g/mol. The van der Waals surface area contributed by atoms with Gasteiger partial charge in [-0.2, -0.15) is 0 Å². The number of primary amides is 2. The lowest BCUT2D eigenvalue weighted by Crippen LogP contribution is -2.29. The molecule has 96 valence electrons. The predicted molar refractivity (Wildman–Crippen MR) is 67.1 cm³/mol. The number of amides is 2. The number of carbonyl (C=O) groups excluding carboxylic acids is 2. The van der Waals surface area contributed by atoms with Gasteiger partial charge in [0, 0.05) is 4.87 Å². The molecule has 0 saturated carbocycles. The number of alkyl halides is 1. The zero-order valence-electron chi connectivity index (χ0n) is 10.4. The molecule has 0 atom stereocenters. The molecular formula is C11H23ClN2O2. The van der Waals surface area contributed by atoms with Crippen LogP contribution in [-0.2, 0) is 9.59 Å². The highest BCUT2D eigenvalue weighted by Crippen LogP contribution is 2.29. The first-order chi connectivity index (χ1) is 7.32. The molecular weight excluding hydrogens is 228 g/mol. The van der Waals surface area contributed by atoms with Gasteiger partial charge in [-0.15, -0.1) is 11.6 Å². The molecule has 16 heavy (non-hydrogen) atoms. The van der Waals surface area contributed by atoms with E-state index in [1.807, 2.05) is 0 Å². The SMILES string of the molecule is CCCCC(Cl)(CC)CC.NC(=O)C(N)=O. The van der Waals surface area contributed by atoms with Crippen LogP contribution in [0.3, 0.4) is 0 Å². The summed E-state index contributed by atoms with van der Waals surface area (Å²) in [7, 11) is 0. The molecule has 0 aliphatic rings. The number of nitrogens with two attached hydrogens (primary N) is 2. The van der Waals surface area contributed by atoms with Crippen molar-refractivity contribution in [2.75, 3.05) is 0 Å². The van der Waals surface area contributed by atoms with Gasteiger partial charge in [-0.1, -0.05) is 33.6 Å². The molecule has 5 heteroatoms. The molecule has 2 amide bonds. The number of unbranched alkanes of at least 4 members (excludes halogenated alkanes) is 1. The van der Waals surface area contributed by atoms with Crippen LogP contribution >= 0.6 is 11.6 Å². The average Bonchev–Trinajstić information content (AvgIpc) is 2.26. The molecule has 0 rings (SSSR count). The number of halogens is 1. The molecule has 0 heterocycles. The fourth-order valence-corrected chi connectivity index (χ4v) is 1.23. The van der Waals surface area contributed by atoms with Gasteiger partial charge in [-0.05, 0) is 19.3 Å². The van der Waals surface area contributed by atoms with Crippen molar-refractivity contribution in [3.63, 3.8) is 0 Å². The molecule has 4 nitrogen and oxygen atoms in total. The van der Waals surface area contributed by atoms with E-state index in [0.29, 0.717) is 0 Å². The second-order valence-corrected chi connectivity index (χ2v) is 4.49. The van der Waals surface area contributed by atoms with Crippen LogP contribution in [0, 0.1) is 0 Å². The summed E-state index contributed by atoms with van der Waals surface area (Å²) in [6.45, 7) is 6.56. The maximum absolute atomic E-state index is 9.45. The van der Waals surface area contributed by atoms with Gasteiger partial charge in [0.2, 0.25) is 0 Å². The van der Waals surface area contributed by atoms with E-state index in [4.69, 9.17) is 11.6 Å². The van der Waals surface area contributed by atoms with Crippen LogP contribution in [0.2, 0.25) is 0 Å². The summed E-state index contributed by atoms with van der Waals surface area (Å²) >= 11 is 6.29. The molecule has 0 aromatic heterocycles. The second kappa shape index (κ2) is 9.46. The highest BCUT2D eigenvalue weighted by atomic mass is 35.5. The third-order valence-corrected chi connectivity index (χ3v) is 3.21. The highest BCUT2D eigenvalue weighted by molar-refractivity contribution is 6.33. The second-order valence-electron chi connectivity index (χ2n) is 3.69. The van der Waals surface area contributed by atoms with Crippen LogP contribution in [0.25, 0.3) is 0 Å². The number of rotatable bonds is 5. The highest BCUT2D eigenvalue weighted by Gasteiger charge is 2.20. The third-order valence-electron chi connectivity index (χ3n) is 2.49. The molecule has 0 radical (unpaired) electrons. The zero-order valence-corrected chi connectivity index (χ0v) is 11.1. The molecule has 0 aromatic rings. The Bertz CT molecular complexity index is 204. The Morgan fingerprint density at radius 2 is 1.44 bits per heavy atom. The first-order valence-electron chi connectivity index (χ1n) is 5.61. The molecule has 0 aliphatic carbocycles. The first-order valence-corrected chi connectivity index (χ1v) is 5.98. The van der Waals surface area contributed by atoms with Crippen molar-refractivity contribution in [3.05, 3.63) is 0 Å². The Hall–Kier alpha value is -0.770. The standard InChI is InChI=1S/C9H19Cl.C2H4N2O2/c1-4-7-8-9(10,5-2)6-3;3-1(5)2(4)6/h4-8H2,1-3H3;(H2,3,5)(H2,4,6). The maximum atomic E-state index is 9.45. The van der Waals surface area contributed by atoms with Crippen LogP contribution in [0.15, 0.2) is 0 Å². The third kappa shape index (κ3) is 9.77. The van der Waals surface area contributed by atoms with Crippen molar-refractivity contribution < 1.29 is 9.59 Å². The smallest absolute Gasteiger partial charge is 0.306 e. The summed E-state index contributed by atoms with van der Waals surface area (Å²) < 4.78 is 0. The number of hydrogen-bond acceptors (Lipinski definition) is 2. The number of hydrogen-bond donors (Lipinski definition) is 2. The maximum Gasteiger partial charge on any atom is 0.306 e. The van der Waals surface area contributed by atoms with Gasteiger partial charge in [-0.25, -0.2) is 0 Å². The van der Waals surface area contributed by atoms with Crippen LogP contribution in [0.5, 0.6) is 0 Å². The van der Waals surface area contributed by atoms with Crippen molar-refractivity contribution >= 4 is 23.4 Å². The lowest BCUT2D eigenvalue weighted by atomic mass is 9.96. The Kier molecular flexibility index (Phi) is 10.4. The number of carbonyl (C=O) groups is 2. The normalized spacial score (nSPS) is 10.2. The summed E-state index contributed by atoms with van der Waals surface area (Å²) in [6, 6.07) is 0. The summed E-state index contributed by atoms with van der Waals surface area (Å²) in [4.78, 5) is 19.0. The van der Waals surface area contributed by atoms with E-state index in [9.17, 15) is 9.59 Å². The van der Waals surface area contributed by atoms with Crippen molar-refractivity contribution in [1.29, 1.82) is 0 Å². The molecule has 0 unspecified atom stereocenters. The van der Waals surface area contributed by atoms with Gasteiger partial charge < -0.3 is 11.5 Å². The minimum Gasteiger partial charge on any atom is -0.361 e. The van der Waals surface area contributed by atoms with Gasteiger partial charge in [-0.3, -0.25) is 9.59 Å². The summed E-state index contributed by atoms with van der Waals surface area (Å²) in [5.74, 6) is -2.20. The van der Waals surface area contributed by atoms with Gasteiger partial charge in [0.15, 0.2) is 0 Å². The van der Waals surface area contributed by atoms with Crippen LogP contribution in [-0.4, -0.2) is 16.7 Å². The van der Waals surface area contributed by atoms with E-state index in [1.54, 1.807) is 0 Å². The summed E-state index contributed by atoms with van der Waals surface area (Å²) in [5, 5.41) is 0. The van der Waals surface area contributed by atoms with Crippen molar-refractivity contribution in [1.82, 2.24) is 0 Å². The van der Waals surface area contributed by atoms with Gasteiger partial charge in [0.1, 0.15) is 0 Å². The minimum absolute atomic E-state index is 0.107. The fraction of sp³-hybridized carbons (Fsp3) is 0.818. The van der Waals surface area contributed by atoms with Crippen LogP contribution in [0.4, 0.5) is 0 Å². The molecule has 0 saturated heterocycles. The minimum atomic E-state index is -1.10. The first kappa shape index (κ1) is 17.6. The van der Waals surface area contributed by atoms with Gasteiger partial charge in [0.05, 0.1) is 0 Å². The van der Waals surface area contributed by atoms with E-state index in [0.717, 1.165) is 12.8 Å². The van der Waals surface area contributed by atoms with Crippen molar-refractivity contribution in [2.24, 2.45) is 11.5 Å². The van der Waals surface area contributed by atoms with Crippen molar-refractivity contribution in [2.45, 2.75) is 57.7 Å².